The SMILES string of the molecule is COc1cc(C=CC(=O)C2=C(C=Cc3ccc(O)c(OC)c3)N(c3ccc(Cc4ccc(N5C(N)=C(C#N)C(c6ccc(C#N)cc6)C(C(=O)C=Cc6ccc(O)c(OC)c6)=C5C=Cc5ccc(O)c(OC)c5)cc4)cc3)C(N)=C(C#N)C2c2ccc(C#N)cc2)ccc1O. The lowest BCUT2D eigenvalue weighted by atomic mass is 9.78. The number of hydrogen-bond acceptors (Lipinski definition) is 18. The number of carbonyl (C=O) groups is 2. The summed E-state index contributed by atoms with van der Waals surface area (Å²) in [4.78, 5) is 33.6. The van der Waals surface area contributed by atoms with Crippen LogP contribution in [0.15, 0.2) is 239 Å². The first kappa shape index (κ1) is 64.6. The van der Waals surface area contributed by atoms with Crippen molar-refractivity contribution in [3.8, 4) is 70.3 Å². The molecule has 2 heterocycles. The van der Waals surface area contributed by atoms with Crippen molar-refractivity contribution in [2.75, 3.05) is 38.2 Å². The number of nitrogens with two attached hydrogens (primary N) is 2. The van der Waals surface area contributed by atoms with Crippen molar-refractivity contribution in [3.63, 3.8) is 0 Å². The predicted octanol–water partition coefficient (Wildman–Crippen LogP) is 13.0. The molecule has 2 aliphatic rings. The van der Waals surface area contributed by atoms with Gasteiger partial charge in [0.05, 0.1) is 98.2 Å². The molecule has 8 aromatic rings. The predicted molar refractivity (Wildman–Crippen MR) is 361 cm³/mol. The Bertz CT molecular complexity index is 4480. The number of ketones is 2. The number of allylic oxidation sites excluding steroid dienone is 8. The quantitative estimate of drug-likeness (QED) is 0.0386. The number of rotatable bonds is 20. The second-order valence-electron chi connectivity index (χ2n) is 21.7. The van der Waals surface area contributed by atoms with E-state index in [4.69, 9.17) is 30.4 Å². The molecule has 0 saturated heterocycles. The number of benzene rings is 8. The van der Waals surface area contributed by atoms with Gasteiger partial charge in [-0.2, -0.15) is 21.0 Å². The molecule has 8 aromatic carbocycles. The van der Waals surface area contributed by atoms with Crippen LogP contribution in [0.4, 0.5) is 11.4 Å². The third-order valence-corrected chi connectivity index (χ3v) is 16.1. The zero-order chi connectivity index (χ0) is 67.4. The molecule has 0 aliphatic carbocycles. The van der Waals surface area contributed by atoms with Crippen molar-refractivity contribution in [1.82, 2.24) is 0 Å². The van der Waals surface area contributed by atoms with Crippen LogP contribution in [0.3, 0.4) is 0 Å². The van der Waals surface area contributed by atoms with Crippen LogP contribution in [0, 0.1) is 45.3 Å². The molecule has 0 radical (unpaired) electrons. The standard InChI is InChI=1S/C77H60N8O10/c1-92-68-38-48(15-31-62(68)86)13-29-60-74(66(90)35-19-50-17-33-64(88)70(40-50)94-3)72(54-21-5-52(42-78)6-22-54)58(44-80)76(82)84(60)56-25-9-46(10-26-56)37-47-11-27-57(28-12-47)85-61(30-14-49-16-32-63(87)69(39-49)93-2)75(67(91)36-20-51-18-34-65(89)71(41-51)95-4)73(59(45-81)77(85)83)55-23-7-53(43-79)8-24-55/h5-36,38-41,72-73,86-89H,37,82-83H2,1-4H3. The molecule has 2 unspecified atom stereocenters. The first-order valence-corrected chi connectivity index (χ1v) is 29.4. The number of hydrogen-bond donors (Lipinski definition) is 6. The zero-order valence-electron chi connectivity index (χ0n) is 51.7. The maximum atomic E-state index is 15.2. The molecular formula is C77H60N8O10. The van der Waals surface area contributed by atoms with Crippen molar-refractivity contribution in [1.29, 1.82) is 21.0 Å². The van der Waals surface area contributed by atoms with E-state index in [2.05, 4.69) is 24.3 Å². The topological polar surface area (TPSA) is 306 Å². The molecule has 0 saturated carbocycles. The van der Waals surface area contributed by atoms with E-state index in [-0.39, 0.29) is 79.9 Å². The molecule has 2 atom stereocenters. The van der Waals surface area contributed by atoms with Gasteiger partial charge in [-0.3, -0.25) is 19.4 Å². The van der Waals surface area contributed by atoms with E-state index in [1.54, 1.807) is 143 Å². The van der Waals surface area contributed by atoms with Crippen LogP contribution in [0.1, 0.15) is 67.5 Å². The van der Waals surface area contributed by atoms with Gasteiger partial charge in [-0.25, -0.2) is 0 Å². The van der Waals surface area contributed by atoms with Crippen LogP contribution in [0.2, 0.25) is 0 Å². The molecule has 10 rings (SSSR count). The number of aromatic hydroxyl groups is 4. The van der Waals surface area contributed by atoms with Crippen LogP contribution >= 0.6 is 0 Å². The van der Waals surface area contributed by atoms with E-state index in [0.29, 0.717) is 73.7 Å². The van der Waals surface area contributed by atoms with Crippen LogP contribution < -0.4 is 40.2 Å². The average Bonchev–Trinajstić information content (AvgIpc) is 0.752. The number of nitriles is 4. The molecule has 0 bridgehead atoms. The highest BCUT2D eigenvalue weighted by Gasteiger charge is 2.40. The Kier molecular flexibility index (Phi) is 19.4. The summed E-state index contributed by atoms with van der Waals surface area (Å²) in [5.74, 6) is -2.60. The molecular weight excluding hydrogens is 1200 g/mol. The number of carbonyl (C=O) groups excluding carboxylic acids is 2. The monoisotopic (exact) mass is 1260 g/mol. The lowest BCUT2D eigenvalue weighted by Crippen LogP contribution is -2.36. The Morgan fingerprint density at radius 2 is 0.726 bits per heavy atom. The molecule has 0 spiro atoms. The third kappa shape index (κ3) is 13.7. The maximum absolute atomic E-state index is 15.2. The van der Waals surface area contributed by atoms with Gasteiger partial charge in [0.2, 0.25) is 0 Å². The van der Waals surface area contributed by atoms with Crippen molar-refractivity contribution in [3.05, 3.63) is 295 Å². The minimum atomic E-state index is -1.03. The Morgan fingerprint density at radius 1 is 0.421 bits per heavy atom. The van der Waals surface area contributed by atoms with Crippen molar-refractivity contribution >= 4 is 47.2 Å². The van der Waals surface area contributed by atoms with E-state index >= 15 is 9.59 Å². The summed E-state index contributed by atoms with van der Waals surface area (Å²) in [5, 5.41) is 83.4. The average molecular weight is 1260 g/mol. The zero-order valence-corrected chi connectivity index (χ0v) is 51.7. The normalized spacial score (nSPS) is 14.9. The summed E-state index contributed by atoms with van der Waals surface area (Å²) in [6.07, 6.45) is 13.1. The van der Waals surface area contributed by atoms with Crippen LogP contribution in [-0.2, 0) is 16.0 Å². The lowest BCUT2D eigenvalue weighted by molar-refractivity contribution is -0.112. The van der Waals surface area contributed by atoms with Gasteiger partial charge in [-0.1, -0.05) is 97.1 Å². The number of ether oxygens (including phenoxy) is 4. The van der Waals surface area contributed by atoms with Crippen LogP contribution in [-0.4, -0.2) is 60.4 Å². The summed E-state index contributed by atoms with van der Waals surface area (Å²) < 4.78 is 21.5. The number of methoxy groups -OCH3 is 4. The molecule has 0 amide bonds. The molecule has 0 aromatic heterocycles. The third-order valence-electron chi connectivity index (χ3n) is 16.1. The number of anilines is 2. The molecule has 0 fully saturated rings. The summed E-state index contributed by atoms with van der Waals surface area (Å²) >= 11 is 0. The highest BCUT2D eigenvalue weighted by Crippen LogP contribution is 2.47. The van der Waals surface area contributed by atoms with Gasteiger partial charge in [0.25, 0.3) is 0 Å². The van der Waals surface area contributed by atoms with Gasteiger partial charge in [0, 0.05) is 22.5 Å². The van der Waals surface area contributed by atoms with E-state index in [9.17, 15) is 41.5 Å². The Balaban J connectivity index is 1.06. The molecule has 18 heteroatoms. The van der Waals surface area contributed by atoms with Crippen molar-refractivity contribution in [2.24, 2.45) is 11.5 Å². The largest absolute Gasteiger partial charge is 0.504 e. The fourth-order valence-electron chi connectivity index (χ4n) is 11.3. The van der Waals surface area contributed by atoms with Gasteiger partial charge >= 0.3 is 0 Å². The fourth-order valence-corrected chi connectivity index (χ4v) is 11.3. The lowest BCUT2D eigenvalue weighted by Gasteiger charge is -2.36. The van der Waals surface area contributed by atoms with Crippen molar-refractivity contribution in [2.45, 2.75) is 18.3 Å². The van der Waals surface area contributed by atoms with E-state index in [1.807, 2.05) is 48.5 Å². The van der Waals surface area contributed by atoms with E-state index in [1.165, 1.54) is 64.9 Å². The minimum absolute atomic E-state index is 0.0238. The molecule has 95 heavy (non-hydrogen) atoms. The fraction of sp³-hybridized carbons (Fsp3) is 0.0909. The maximum Gasteiger partial charge on any atom is 0.184 e. The molecule has 18 nitrogen and oxygen atoms in total. The molecule has 2 aliphatic heterocycles. The van der Waals surface area contributed by atoms with Gasteiger partial charge < -0.3 is 50.8 Å². The smallest absolute Gasteiger partial charge is 0.184 e. The number of phenols is 4. The van der Waals surface area contributed by atoms with Crippen molar-refractivity contribution < 1.29 is 49.0 Å². The minimum Gasteiger partial charge on any atom is -0.504 e. The van der Waals surface area contributed by atoms with Gasteiger partial charge in [-0.05, 0) is 172 Å². The number of phenolic OH excluding ortho intramolecular Hbond substituents is 4. The first-order chi connectivity index (χ1) is 46.0. The first-order valence-electron chi connectivity index (χ1n) is 29.4. The second kappa shape index (κ2) is 28.6. The summed E-state index contributed by atoms with van der Waals surface area (Å²) in [6, 6.07) is 55.5. The van der Waals surface area contributed by atoms with Gasteiger partial charge in [0.1, 0.15) is 11.6 Å². The summed E-state index contributed by atoms with van der Waals surface area (Å²) in [6.45, 7) is 0. The molecule has 468 valence electrons. The van der Waals surface area contributed by atoms with Crippen LogP contribution in [0.5, 0.6) is 46.0 Å². The van der Waals surface area contributed by atoms with Crippen LogP contribution in [0.25, 0.3) is 24.3 Å². The molecule has 8 N–H and O–H groups in total. The number of nitrogens with zero attached hydrogens (tertiary/aromatic N) is 6. The summed E-state index contributed by atoms with van der Waals surface area (Å²) in [5.41, 5.74) is 21.9. The van der Waals surface area contributed by atoms with Gasteiger partial charge in [-0.15, -0.1) is 0 Å². The van der Waals surface area contributed by atoms with E-state index < -0.39 is 23.4 Å². The Morgan fingerprint density at radius 3 is 1.01 bits per heavy atom. The second-order valence-corrected chi connectivity index (χ2v) is 21.7. The summed E-state index contributed by atoms with van der Waals surface area (Å²) in [7, 11) is 5.67. The Labute approximate surface area is 548 Å². The highest BCUT2D eigenvalue weighted by molar-refractivity contribution is 6.11. The Hall–Kier alpha value is -13.4. The van der Waals surface area contributed by atoms with E-state index in [0.717, 1.165) is 11.1 Å². The highest BCUT2D eigenvalue weighted by atomic mass is 16.5. The van der Waals surface area contributed by atoms with Gasteiger partial charge in [0.15, 0.2) is 57.6 Å².